The predicted molar refractivity (Wildman–Crippen MR) is 119 cm³/mol. The Hall–Kier alpha value is -3.54. The Labute approximate surface area is 204 Å². The van der Waals surface area contributed by atoms with Gasteiger partial charge in [-0.25, -0.2) is 9.18 Å². The van der Waals surface area contributed by atoms with Gasteiger partial charge in [0.2, 0.25) is 11.8 Å². The third kappa shape index (κ3) is 7.00. The van der Waals surface area contributed by atoms with Gasteiger partial charge in [0.05, 0.1) is 24.2 Å². The van der Waals surface area contributed by atoms with Crippen LogP contribution in [0.5, 0.6) is 0 Å². The van der Waals surface area contributed by atoms with Crippen molar-refractivity contribution in [2.45, 2.75) is 25.4 Å². The van der Waals surface area contributed by atoms with E-state index < -0.39 is 12.1 Å². The van der Waals surface area contributed by atoms with Crippen LogP contribution in [-0.2, 0) is 25.5 Å². The maximum Gasteiger partial charge on any atom is 0.490 e. The first-order chi connectivity index (χ1) is 17.0. The van der Waals surface area contributed by atoms with Crippen molar-refractivity contribution in [3.63, 3.8) is 0 Å². The van der Waals surface area contributed by atoms with Crippen molar-refractivity contribution in [2.75, 3.05) is 31.6 Å². The summed E-state index contributed by atoms with van der Waals surface area (Å²) in [4.78, 5) is 40.7. The van der Waals surface area contributed by atoms with Gasteiger partial charge in [0, 0.05) is 37.9 Å². The number of carboxylic acid groups (broad SMARTS) is 1. The molecule has 2 saturated heterocycles. The molecule has 2 aromatic rings. The van der Waals surface area contributed by atoms with E-state index in [1.54, 1.807) is 41.6 Å². The molecule has 4 rings (SSSR count). The van der Waals surface area contributed by atoms with E-state index in [-0.39, 0.29) is 35.4 Å². The predicted octanol–water partition coefficient (Wildman–Crippen LogP) is 3.29. The Morgan fingerprint density at radius 1 is 1.14 bits per heavy atom. The second-order valence-electron chi connectivity index (χ2n) is 8.64. The number of carbonyl (C=O) groups is 3. The zero-order valence-electron chi connectivity index (χ0n) is 19.1. The zero-order valence-corrected chi connectivity index (χ0v) is 19.1. The standard InChI is InChI=1S/C22H24FN3O3.C2HF3O2/c23-17-5-3-16(4-6-17)12-20(27)26-14-19(22(15-26)7-10-29-11-8-22)21(28)25-18-2-1-9-24-13-18;3-2(4,5)1(6)7/h1-6,9,13,19H,7-8,10-12,14-15H2,(H,25,28);(H,6,7). The van der Waals surface area contributed by atoms with Crippen LogP contribution >= 0.6 is 0 Å². The number of benzene rings is 1. The van der Waals surface area contributed by atoms with E-state index in [0.29, 0.717) is 32.0 Å². The minimum atomic E-state index is -5.08. The van der Waals surface area contributed by atoms with Gasteiger partial charge < -0.3 is 20.1 Å². The number of aliphatic carboxylic acids is 1. The number of hydrogen-bond donors (Lipinski definition) is 2. The number of alkyl halides is 3. The molecule has 2 N–H and O–H groups in total. The van der Waals surface area contributed by atoms with Crippen LogP contribution in [0.3, 0.4) is 0 Å². The summed E-state index contributed by atoms with van der Waals surface area (Å²) in [6.45, 7) is 2.11. The van der Waals surface area contributed by atoms with Gasteiger partial charge in [-0.05, 0) is 42.7 Å². The Kier molecular flexibility index (Phi) is 8.62. The first kappa shape index (κ1) is 27.1. The van der Waals surface area contributed by atoms with Gasteiger partial charge in [0.25, 0.3) is 0 Å². The molecule has 1 spiro atoms. The van der Waals surface area contributed by atoms with Crippen LogP contribution in [0.15, 0.2) is 48.8 Å². The molecule has 1 atom stereocenters. The highest BCUT2D eigenvalue weighted by Crippen LogP contribution is 2.45. The number of carbonyl (C=O) groups excluding carboxylic acids is 2. The Bertz CT molecular complexity index is 1060. The molecule has 1 aromatic heterocycles. The van der Waals surface area contributed by atoms with E-state index in [9.17, 15) is 27.2 Å². The minimum absolute atomic E-state index is 0.0425. The molecule has 12 heteroatoms. The summed E-state index contributed by atoms with van der Waals surface area (Å²) >= 11 is 0. The third-order valence-corrected chi connectivity index (χ3v) is 6.25. The normalized spacial score (nSPS) is 18.8. The number of anilines is 1. The first-order valence-corrected chi connectivity index (χ1v) is 11.1. The number of hydrogen-bond acceptors (Lipinski definition) is 5. The second kappa shape index (κ2) is 11.5. The highest BCUT2D eigenvalue weighted by atomic mass is 19.4. The van der Waals surface area contributed by atoms with Gasteiger partial charge in [-0.1, -0.05) is 12.1 Å². The molecular formula is C24H25F4N3O5. The van der Waals surface area contributed by atoms with Crippen molar-refractivity contribution in [2.24, 2.45) is 11.3 Å². The van der Waals surface area contributed by atoms with E-state index in [2.05, 4.69) is 10.3 Å². The number of aromatic nitrogens is 1. The van der Waals surface area contributed by atoms with Crippen molar-refractivity contribution in [1.82, 2.24) is 9.88 Å². The van der Waals surface area contributed by atoms with E-state index in [0.717, 1.165) is 18.4 Å². The number of amides is 2. The van der Waals surface area contributed by atoms with Gasteiger partial charge in [-0.3, -0.25) is 14.6 Å². The fourth-order valence-electron chi connectivity index (χ4n) is 4.36. The van der Waals surface area contributed by atoms with Gasteiger partial charge in [-0.2, -0.15) is 13.2 Å². The molecule has 0 aliphatic carbocycles. The summed E-state index contributed by atoms with van der Waals surface area (Å²) in [6.07, 6.45) is -0.122. The molecule has 2 fully saturated rings. The van der Waals surface area contributed by atoms with Crippen LogP contribution < -0.4 is 5.32 Å². The van der Waals surface area contributed by atoms with Crippen molar-refractivity contribution < 1.29 is 41.8 Å². The number of rotatable bonds is 4. The Morgan fingerprint density at radius 3 is 2.33 bits per heavy atom. The van der Waals surface area contributed by atoms with Gasteiger partial charge in [0.15, 0.2) is 0 Å². The van der Waals surface area contributed by atoms with Gasteiger partial charge in [-0.15, -0.1) is 0 Å². The van der Waals surface area contributed by atoms with Crippen LogP contribution in [0.4, 0.5) is 23.2 Å². The number of pyridine rings is 1. The Morgan fingerprint density at radius 2 is 1.78 bits per heavy atom. The summed E-state index contributed by atoms with van der Waals surface area (Å²) in [5.41, 5.74) is 1.14. The summed E-state index contributed by atoms with van der Waals surface area (Å²) in [5, 5.41) is 10.1. The average molecular weight is 511 g/mol. The SMILES string of the molecule is O=C(Nc1cccnc1)C1CN(C(=O)Cc2ccc(F)cc2)CC12CCOCC2.O=C(O)C(F)(F)F. The maximum absolute atomic E-state index is 13.1. The molecule has 36 heavy (non-hydrogen) atoms. The second-order valence-corrected chi connectivity index (χ2v) is 8.64. The Balaban J connectivity index is 0.000000454. The lowest BCUT2D eigenvalue weighted by Gasteiger charge is -2.37. The highest BCUT2D eigenvalue weighted by molar-refractivity contribution is 5.94. The minimum Gasteiger partial charge on any atom is -0.475 e. The molecule has 0 saturated carbocycles. The van der Waals surface area contributed by atoms with Crippen LogP contribution in [0.2, 0.25) is 0 Å². The summed E-state index contributed by atoms with van der Waals surface area (Å²) in [7, 11) is 0. The molecule has 194 valence electrons. The molecule has 2 aliphatic rings. The quantitative estimate of drug-likeness (QED) is 0.610. The van der Waals surface area contributed by atoms with E-state index in [4.69, 9.17) is 14.6 Å². The number of ether oxygens (including phenoxy) is 1. The van der Waals surface area contributed by atoms with Crippen LogP contribution in [0, 0.1) is 17.2 Å². The third-order valence-electron chi connectivity index (χ3n) is 6.25. The van der Waals surface area contributed by atoms with E-state index in [1.807, 2.05) is 0 Å². The largest absolute Gasteiger partial charge is 0.490 e. The molecule has 0 radical (unpaired) electrons. The summed E-state index contributed by atoms with van der Waals surface area (Å²) in [5.74, 6) is -3.51. The van der Waals surface area contributed by atoms with Gasteiger partial charge >= 0.3 is 12.1 Å². The maximum atomic E-state index is 13.1. The molecular weight excluding hydrogens is 486 g/mol. The van der Waals surface area contributed by atoms with Crippen molar-refractivity contribution in [3.05, 3.63) is 60.2 Å². The molecule has 2 amide bonds. The molecule has 1 unspecified atom stereocenters. The van der Waals surface area contributed by atoms with Crippen molar-refractivity contribution >= 4 is 23.5 Å². The van der Waals surface area contributed by atoms with Crippen LogP contribution in [0.1, 0.15) is 18.4 Å². The number of nitrogens with one attached hydrogen (secondary N) is 1. The molecule has 3 heterocycles. The van der Waals surface area contributed by atoms with E-state index >= 15 is 0 Å². The summed E-state index contributed by atoms with van der Waals surface area (Å²) < 4.78 is 50.4. The van der Waals surface area contributed by atoms with Crippen LogP contribution in [0.25, 0.3) is 0 Å². The fraction of sp³-hybridized carbons (Fsp3) is 0.417. The molecule has 8 nitrogen and oxygen atoms in total. The number of likely N-dealkylation sites (tertiary alicyclic amines) is 1. The molecule has 1 aromatic carbocycles. The summed E-state index contributed by atoms with van der Waals surface area (Å²) in [6, 6.07) is 9.54. The number of nitrogens with zero attached hydrogens (tertiary/aromatic N) is 2. The highest BCUT2D eigenvalue weighted by Gasteiger charge is 2.51. The van der Waals surface area contributed by atoms with Crippen molar-refractivity contribution in [1.29, 1.82) is 0 Å². The first-order valence-electron chi connectivity index (χ1n) is 11.1. The number of halogens is 4. The molecule has 2 aliphatic heterocycles. The monoisotopic (exact) mass is 511 g/mol. The zero-order chi connectivity index (χ0) is 26.3. The van der Waals surface area contributed by atoms with Gasteiger partial charge in [0.1, 0.15) is 5.82 Å². The lowest BCUT2D eigenvalue weighted by molar-refractivity contribution is -0.192. The molecule has 0 bridgehead atoms. The lowest BCUT2D eigenvalue weighted by atomic mass is 9.71. The van der Waals surface area contributed by atoms with Crippen molar-refractivity contribution in [3.8, 4) is 0 Å². The average Bonchev–Trinajstić information content (AvgIpc) is 3.20. The van der Waals surface area contributed by atoms with E-state index in [1.165, 1.54) is 12.1 Å². The smallest absolute Gasteiger partial charge is 0.475 e. The topological polar surface area (TPSA) is 109 Å². The fourth-order valence-corrected chi connectivity index (χ4v) is 4.36. The number of carboxylic acids is 1. The lowest BCUT2D eigenvalue weighted by Crippen LogP contribution is -2.42. The van der Waals surface area contributed by atoms with Crippen LogP contribution in [-0.4, -0.2) is 65.3 Å².